The second kappa shape index (κ2) is 4.66. The van der Waals surface area contributed by atoms with E-state index in [0.717, 1.165) is 22.5 Å². The Balaban J connectivity index is 1.75. The predicted octanol–water partition coefficient (Wildman–Crippen LogP) is 3.13. The van der Waals surface area contributed by atoms with Gasteiger partial charge in [0.1, 0.15) is 0 Å². The third-order valence-corrected chi connectivity index (χ3v) is 3.93. The van der Waals surface area contributed by atoms with Gasteiger partial charge in [-0.2, -0.15) is 0 Å². The molecule has 3 aromatic rings. The number of benzene rings is 2. The number of hydrogen-bond acceptors (Lipinski definition) is 2. The number of nitrogens with one attached hydrogen (secondary N) is 2. The summed E-state index contributed by atoms with van der Waals surface area (Å²) in [4.78, 5) is 17.4. The summed E-state index contributed by atoms with van der Waals surface area (Å²) in [5.41, 5.74) is 4.19. The van der Waals surface area contributed by atoms with Crippen molar-refractivity contribution in [2.24, 2.45) is 0 Å². The number of carbonyl (C=O) groups excluding carboxylic acids is 1. The molecule has 4 nitrogen and oxygen atoms in total. The first-order chi connectivity index (χ1) is 10.3. The van der Waals surface area contributed by atoms with E-state index in [0.29, 0.717) is 13.1 Å². The molecule has 1 aliphatic heterocycles. The number of aromatic nitrogens is 1. The zero-order chi connectivity index (χ0) is 14.2. The van der Waals surface area contributed by atoms with Crippen LogP contribution < -0.4 is 10.2 Å². The van der Waals surface area contributed by atoms with Gasteiger partial charge in [-0.1, -0.05) is 30.3 Å². The van der Waals surface area contributed by atoms with Crippen LogP contribution in [-0.4, -0.2) is 17.4 Å². The number of nitrogens with zero attached hydrogens (tertiary/aromatic N) is 1. The molecule has 0 fully saturated rings. The number of amides is 1. The van der Waals surface area contributed by atoms with Gasteiger partial charge in [0.25, 0.3) is 0 Å². The minimum Gasteiger partial charge on any atom is -0.374 e. The van der Waals surface area contributed by atoms with Crippen LogP contribution in [0, 0.1) is 0 Å². The van der Waals surface area contributed by atoms with E-state index in [1.807, 2.05) is 53.6 Å². The van der Waals surface area contributed by atoms with Crippen LogP contribution in [0.3, 0.4) is 0 Å². The molecule has 0 saturated heterocycles. The maximum Gasteiger partial charge on any atom is 0.246 e. The first-order valence-corrected chi connectivity index (χ1v) is 7.01. The Labute approximate surface area is 122 Å². The summed E-state index contributed by atoms with van der Waals surface area (Å²) in [5.74, 6) is 0.0963. The molecule has 21 heavy (non-hydrogen) atoms. The normalized spacial score (nSPS) is 14.1. The topological polar surface area (TPSA) is 48.1 Å². The molecule has 0 aliphatic carbocycles. The van der Waals surface area contributed by atoms with Crippen LogP contribution in [0.2, 0.25) is 0 Å². The molecule has 0 atom stereocenters. The lowest BCUT2D eigenvalue weighted by Gasteiger charge is -2.30. The Hall–Kier alpha value is -2.75. The smallest absolute Gasteiger partial charge is 0.246 e. The van der Waals surface area contributed by atoms with Gasteiger partial charge >= 0.3 is 0 Å². The van der Waals surface area contributed by atoms with Gasteiger partial charge in [-0.15, -0.1) is 0 Å². The number of hydrogen-bond donors (Lipinski definition) is 2. The Kier molecular flexibility index (Phi) is 2.67. The van der Waals surface area contributed by atoms with Crippen LogP contribution in [0.1, 0.15) is 5.56 Å². The number of rotatable bonds is 2. The molecule has 0 radical (unpaired) electrons. The molecular weight excluding hydrogens is 262 g/mol. The van der Waals surface area contributed by atoms with Gasteiger partial charge in [-0.3, -0.25) is 4.79 Å². The van der Waals surface area contributed by atoms with Crippen LogP contribution in [-0.2, 0) is 11.3 Å². The zero-order valence-corrected chi connectivity index (χ0v) is 11.5. The van der Waals surface area contributed by atoms with Crippen molar-refractivity contribution in [2.75, 3.05) is 16.8 Å². The van der Waals surface area contributed by atoms with Crippen molar-refractivity contribution in [1.82, 2.24) is 4.98 Å². The summed E-state index contributed by atoms with van der Waals surface area (Å²) in [6.07, 6.45) is 1.99. The van der Waals surface area contributed by atoms with Crippen molar-refractivity contribution in [3.63, 3.8) is 0 Å². The lowest BCUT2D eigenvalue weighted by molar-refractivity contribution is -0.117. The van der Waals surface area contributed by atoms with E-state index in [1.165, 1.54) is 5.39 Å². The second-order valence-electron chi connectivity index (χ2n) is 5.21. The van der Waals surface area contributed by atoms with Crippen LogP contribution in [0.15, 0.2) is 54.7 Å². The van der Waals surface area contributed by atoms with Crippen molar-refractivity contribution >= 4 is 28.2 Å². The first kappa shape index (κ1) is 12.0. The fraction of sp³-hybridized carbons (Fsp3) is 0.118. The Morgan fingerprint density at radius 1 is 1.05 bits per heavy atom. The van der Waals surface area contributed by atoms with Gasteiger partial charge < -0.3 is 15.2 Å². The van der Waals surface area contributed by atoms with Crippen LogP contribution in [0.4, 0.5) is 11.4 Å². The van der Waals surface area contributed by atoms with E-state index in [2.05, 4.69) is 16.4 Å². The van der Waals surface area contributed by atoms with Crippen LogP contribution in [0.25, 0.3) is 10.9 Å². The highest BCUT2D eigenvalue weighted by atomic mass is 16.2. The molecule has 1 aromatic heterocycles. The van der Waals surface area contributed by atoms with Crippen molar-refractivity contribution in [1.29, 1.82) is 0 Å². The standard InChI is InChI=1S/C17H15N3O/c21-17-10-19-15-7-3-4-8-16(15)20(17)11-12-9-18-14-6-2-1-5-13(12)14/h1-9,18-19H,10-11H2. The van der Waals surface area contributed by atoms with Gasteiger partial charge in [0.2, 0.25) is 5.91 Å². The summed E-state index contributed by atoms with van der Waals surface area (Å²) < 4.78 is 0. The average molecular weight is 277 g/mol. The fourth-order valence-corrected chi connectivity index (χ4v) is 2.87. The van der Waals surface area contributed by atoms with E-state index < -0.39 is 0 Å². The molecule has 2 aromatic carbocycles. The number of fused-ring (bicyclic) bond motifs is 2. The van der Waals surface area contributed by atoms with E-state index in [-0.39, 0.29) is 5.91 Å². The quantitative estimate of drug-likeness (QED) is 0.756. The Morgan fingerprint density at radius 2 is 1.86 bits per heavy atom. The maximum absolute atomic E-state index is 12.3. The van der Waals surface area contributed by atoms with Gasteiger partial charge in [-0.05, 0) is 23.8 Å². The monoisotopic (exact) mass is 277 g/mol. The molecule has 0 spiro atoms. The highest BCUT2D eigenvalue weighted by molar-refractivity contribution is 6.03. The van der Waals surface area contributed by atoms with E-state index in [9.17, 15) is 4.79 Å². The number of carbonyl (C=O) groups is 1. The molecule has 0 bridgehead atoms. The van der Waals surface area contributed by atoms with Crippen molar-refractivity contribution in [2.45, 2.75) is 6.54 Å². The maximum atomic E-state index is 12.3. The zero-order valence-electron chi connectivity index (χ0n) is 11.5. The predicted molar refractivity (Wildman–Crippen MR) is 84.4 cm³/mol. The van der Waals surface area contributed by atoms with Crippen molar-refractivity contribution in [3.05, 3.63) is 60.3 Å². The number of para-hydroxylation sites is 3. The van der Waals surface area contributed by atoms with Crippen LogP contribution >= 0.6 is 0 Å². The summed E-state index contributed by atoms with van der Waals surface area (Å²) >= 11 is 0. The Bertz CT molecular complexity index is 822. The van der Waals surface area contributed by atoms with Crippen molar-refractivity contribution < 1.29 is 4.79 Å². The van der Waals surface area contributed by atoms with Gasteiger partial charge in [0.05, 0.1) is 24.5 Å². The summed E-state index contributed by atoms with van der Waals surface area (Å²) in [6.45, 7) is 0.931. The average Bonchev–Trinajstić information content (AvgIpc) is 2.93. The van der Waals surface area contributed by atoms with Crippen LogP contribution in [0.5, 0.6) is 0 Å². The molecule has 0 saturated carbocycles. The summed E-state index contributed by atoms with van der Waals surface area (Å²) in [5, 5.41) is 4.33. The largest absolute Gasteiger partial charge is 0.374 e. The number of H-pyrrole nitrogens is 1. The SMILES string of the molecule is O=C1CNc2ccccc2N1Cc1c[nH]c2ccccc12. The molecule has 4 heteroatoms. The van der Waals surface area contributed by atoms with E-state index >= 15 is 0 Å². The molecule has 104 valence electrons. The fourth-order valence-electron chi connectivity index (χ4n) is 2.87. The molecule has 4 rings (SSSR count). The lowest BCUT2D eigenvalue weighted by Crippen LogP contribution is -2.39. The lowest BCUT2D eigenvalue weighted by atomic mass is 10.1. The second-order valence-corrected chi connectivity index (χ2v) is 5.21. The van der Waals surface area contributed by atoms with Gasteiger partial charge in [-0.25, -0.2) is 0 Å². The number of aromatic amines is 1. The highest BCUT2D eigenvalue weighted by Crippen LogP contribution is 2.31. The molecule has 2 N–H and O–H groups in total. The summed E-state index contributed by atoms with van der Waals surface area (Å²) in [7, 11) is 0. The molecule has 1 amide bonds. The summed E-state index contributed by atoms with van der Waals surface area (Å²) in [6, 6.07) is 16.1. The third-order valence-electron chi connectivity index (χ3n) is 3.93. The van der Waals surface area contributed by atoms with E-state index in [1.54, 1.807) is 0 Å². The minimum atomic E-state index is 0.0963. The number of anilines is 2. The van der Waals surface area contributed by atoms with Crippen molar-refractivity contribution in [3.8, 4) is 0 Å². The minimum absolute atomic E-state index is 0.0963. The van der Waals surface area contributed by atoms with Gasteiger partial charge in [0, 0.05) is 17.1 Å². The molecule has 1 aliphatic rings. The molecule has 0 unspecified atom stereocenters. The highest BCUT2D eigenvalue weighted by Gasteiger charge is 2.24. The first-order valence-electron chi connectivity index (χ1n) is 7.01. The Morgan fingerprint density at radius 3 is 2.81 bits per heavy atom. The molecule has 2 heterocycles. The molecular formula is C17H15N3O. The van der Waals surface area contributed by atoms with E-state index in [4.69, 9.17) is 0 Å². The third kappa shape index (κ3) is 1.96. The van der Waals surface area contributed by atoms with Gasteiger partial charge in [0.15, 0.2) is 0 Å².